The molecule has 2 aromatic carbocycles. The van der Waals surface area contributed by atoms with Crippen molar-refractivity contribution in [1.82, 2.24) is 30.1 Å². The largest absolute Gasteiger partial charge is 0.321 e. The van der Waals surface area contributed by atoms with E-state index in [1.54, 1.807) is 0 Å². The number of aryl methyl sites for hydroxylation is 2. The van der Waals surface area contributed by atoms with Gasteiger partial charge in [-0.25, -0.2) is 4.68 Å². The molecule has 1 fully saturated rings. The first-order valence-corrected chi connectivity index (χ1v) is 13.7. The third-order valence-electron chi connectivity index (χ3n) is 7.80. The average molecular weight is 499 g/mol. The van der Waals surface area contributed by atoms with E-state index in [0.717, 1.165) is 66.5 Å². The van der Waals surface area contributed by atoms with E-state index in [-0.39, 0.29) is 11.6 Å². The number of pyridine rings is 1. The highest BCUT2D eigenvalue weighted by Crippen LogP contribution is 2.33. The number of hydrogen-bond donors (Lipinski definition) is 1. The maximum Gasteiger partial charge on any atom is 0.252 e. The number of H-pyrrole nitrogens is 1. The van der Waals surface area contributed by atoms with Crippen LogP contribution in [0.2, 0.25) is 0 Å². The third kappa shape index (κ3) is 5.67. The lowest BCUT2D eigenvalue weighted by Gasteiger charge is -2.31. The number of nitrogens with one attached hydrogen (secondary N) is 1. The molecule has 1 aliphatic rings. The van der Waals surface area contributed by atoms with Crippen LogP contribution in [0.3, 0.4) is 0 Å². The van der Waals surface area contributed by atoms with E-state index >= 15 is 0 Å². The number of hydrogen-bond acceptors (Lipinski definition) is 5. The van der Waals surface area contributed by atoms with Gasteiger partial charge in [-0.1, -0.05) is 74.2 Å². The second kappa shape index (κ2) is 11.4. The minimum absolute atomic E-state index is 0.0204. The van der Waals surface area contributed by atoms with Crippen molar-refractivity contribution in [3.05, 3.63) is 87.0 Å². The van der Waals surface area contributed by atoms with Crippen LogP contribution >= 0.6 is 0 Å². The predicted octanol–water partition coefficient (Wildman–Crippen LogP) is 5.83. The van der Waals surface area contributed by atoms with Gasteiger partial charge >= 0.3 is 0 Å². The quantitative estimate of drug-likeness (QED) is 0.297. The third-order valence-corrected chi connectivity index (χ3v) is 7.80. The topological polar surface area (TPSA) is 79.7 Å². The summed E-state index contributed by atoms with van der Waals surface area (Å²) >= 11 is 0. The monoisotopic (exact) mass is 498 g/mol. The highest BCUT2D eigenvalue weighted by Gasteiger charge is 2.30. The van der Waals surface area contributed by atoms with E-state index in [2.05, 4.69) is 80.3 Å². The molecule has 0 radical (unpaired) electrons. The van der Waals surface area contributed by atoms with Gasteiger partial charge in [-0.3, -0.25) is 9.69 Å². The first-order valence-electron chi connectivity index (χ1n) is 13.7. The molecule has 0 aliphatic heterocycles. The van der Waals surface area contributed by atoms with Gasteiger partial charge in [0, 0.05) is 18.7 Å². The highest BCUT2D eigenvalue weighted by atomic mass is 16.1. The Balaban J connectivity index is 1.51. The Hall–Kier alpha value is -3.32. The molecule has 0 amide bonds. The molecule has 0 bridgehead atoms. The zero-order chi connectivity index (χ0) is 25.8. The van der Waals surface area contributed by atoms with Crippen molar-refractivity contribution in [3.63, 3.8) is 0 Å². The summed E-state index contributed by atoms with van der Waals surface area (Å²) in [5.41, 5.74) is 5.32. The van der Waals surface area contributed by atoms with Gasteiger partial charge in [-0.15, -0.1) is 5.10 Å². The molecule has 194 valence electrons. The van der Waals surface area contributed by atoms with Crippen LogP contribution in [0.25, 0.3) is 10.9 Å². The van der Waals surface area contributed by atoms with Gasteiger partial charge in [0.2, 0.25) is 0 Å². The fraction of sp³-hybridized carbons (Fsp3) is 0.467. The van der Waals surface area contributed by atoms with Crippen LogP contribution in [0.1, 0.15) is 85.6 Å². The molecule has 0 spiro atoms. The molecule has 1 aliphatic carbocycles. The first kappa shape index (κ1) is 25.3. The second-order valence-corrected chi connectivity index (χ2v) is 10.6. The fourth-order valence-electron chi connectivity index (χ4n) is 5.83. The standard InChI is InChI=1S/C30H38N6O/c1-4-9-27(29-32-33-34-36(29)26-14-5-6-15-26)35(17-16-23-12-7-10-21(2)18-23)20-25-19-24-13-8-11-22(3)28(24)31-30(25)37/h7-8,10-13,18-19,26-27H,4-6,9,14-17,20H2,1-3H3,(H,31,37)/t27-/m0/s1. The SMILES string of the molecule is CCC[C@@H](c1nnnn1C1CCCC1)N(CCc1cccc(C)c1)Cc1cc2cccc(C)c2[nH]c1=O. The van der Waals surface area contributed by atoms with E-state index in [0.29, 0.717) is 12.6 Å². The van der Waals surface area contributed by atoms with Gasteiger partial charge in [0.15, 0.2) is 5.82 Å². The number of aromatic nitrogens is 5. The molecule has 1 atom stereocenters. The predicted molar refractivity (Wildman–Crippen MR) is 148 cm³/mol. The second-order valence-electron chi connectivity index (χ2n) is 10.6. The summed E-state index contributed by atoms with van der Waals surface area (Å²) in [5.74, 6) is 0.936. The molecule has 7 heteroatoms. The van der Waals surface area contributed by atoms with Gasteiger partial charge in [0.05, 0.1) is 17.6 Å². The Bertz CT molecular complexity index is 1400. The maximum atomic E-state index is 13.3. The number of rotatable bonds is 10. The summed E-state index contributed by atoms with van der Waals surface area (Å²) in [6, 6.07) is 17.3. The zero-order valence-electron chi connectivity index (χ0n) is 22.3. The summed E-state index contributed by atoms with van der Waals surface area (Å²) in [6.07, 6.45) is 7.56. The summed E-state index contributed by atoms with van der Waals surface area (Å²) < 4.78 is 2.08. The summed E-state index contributed by atoms with van der Waals surface area (Å²) in [7, 11) is 0. The lowest BCUT2D eigenvalue weighted by Crippen LogP contribution is -2.35. The minimum atomic E-state index is -0.0204. The molecule has 1 saturated carbocycles. The van der Waals surface area contributed by atoms with Gasteiger partial charge in [-0.05, 0) is 72.5 Å². The summed E-state index contributed by atoms with van der Waals surface area (Å²) in [5, 5.41) is 14.2. The van der Waals surface area contributed by atoms with Crippen molar-refractivity contribution in [2.45, 2.75) is 84.3 Å². The van der Waals surface area contributed by atoms with Gasteiger partial charge in [0.25, 0.3) is 5.56 Å². The smallest absolute Gasteiger partial charge is 0.252 e. The van der Waals surface area contributed by atoms with E-state index in [9.17, 15) is 4.79 Å². The first-order chi connectivity index (χ1) is 18.0. The number of fused-ring (bicyclic) bond motifs is 1. The normalized spacial score (nSPS) is 15.1. The van der Waals surface area contributed by atoms with Crippen LogP contribution in [0.4, 0.5) is 0 Å². The van der Waals surface area contributed by atoms with E-state index in [1.165, 1.54) is 24.0 Å². The van der Waals surface area contributed by atoms with Crippen molar-refractivity contribution < 1.29 is 0 Å². The summed E-state index contributed by atoms with van der Waals surface area (Å²) in [4.78, 5) is 18.8. The lowest BCUT2D eigenvalue weighted by molar-refractivity contribution is 0.163. The fourth-order valence-corrected chi connectivity index (χ4v) is 5.83. The molecule has 7 nitrogen and oxygen atoms in total. The molecule has 2 heterocycles. The molecule has 4 aromatic rings. The van der Waals surface area contributed by atoms with Crippen LogP contribution in [0.15, 0.2) is 53.3 Å². The molecule has 0 unspecified atom stereocenters. The Labute approximate surface area is 218 Å². The molecule has 0 saturated heterocycles. The number of nitrogens with zero attached hydrogens (tertiary/aromatic N) is 5. The van der Waals surface area contributed by atoms with Crippen molar-refractivity contribution >= 4 is 10.9 Å². The van der Waals surface area contributed by atoms with Crippen molar-refractivity contribution in [2.24, 2.45) is 0 Å². The Morgan fingerprint density at radius 1 is 1.11 bits per heavy atom. The van der Waals surface area contributed by atoms with Crippen LogP contribution in [0.5, 0.6) is 0 Å². The van der Waals surface area contributed by atoms with Crippen LogP contribution in [0, 0.1) is 13.8 Å². The number of tetrazole rings is 1. The van der Waals surface area contributed by atoms with Gasteiger partial charge in [0.1, 0.15) is 0 Å². The molecule has 37 heavy (non-hydrogen) atoms. The Morgan fingerprint density at radius 2 is 1.92 bits per heavy atom. The van der Waals surface area contributed by atoms with Crippen LogP contribution in [-0.2, 0) is 13.0 Å². The Kier molecular flexibility index (Phi) is 7.79. The molecule has 1 N–H and O–H groups in total. The lowest BCUT2D eigenvalue weighted by atomic mass is 10.0. The van der Waals surface area contributed by atoms with E-state index in [1.807, 2.05) is 19.1 Å². The number of para-hydroxylation sites is 1. The molecular formula is C30H38N6O. The Morgan fingerprint density at radius 3 is 2.70 bits per heavy atom. The van der Waals surface area contributed by atoms with E-state index in [4.69, 9.17) is 0 Å². The molecule has 5 rings (SSSR count). The van der Waals surface area contributed by atoms with Crippen LogP contribution < -0.4 is 5.56 Å². The van der Waals surface area contributed by atoms with Crippen molar-refractivity contribution in [1.29, 1.82) is 0 Å². The summed E-state index contributed by atoms with van der Waals surface area (Å²) in [6.45, 7) is 7.74. The molecule has 2 aromatic heterocycles. The highest BCUT2D eigenvalue weighted by molar-refractivity contribution is 5.81. The van der Waals surface area contributed by atoms with Crippen LogP contribution in [-0.4, -0.2) is 36.6 Å². The molecular weight excluding hydrogens is 460 g/mol. The average Bonchev–Trinajstić information content (AvgIpc) is 3.58. The van der Waals surface area contributed by atoms with Crippen molar-refractivity contribution in [3.8, 4) is 0 Å². The minimum Gasteiger partial charge on any atom is -0.321 e. The number of aromatic amines is 1. The zero-order valence-corrected chi connectivity index (χ0v) is 22.3. The van der Waals surface area contributed by atoms with Crippen molar-refractivity contribution in [2.75, 3.05) is 6.54 Å². The maximum absolute atomic E-state index is 13.3. The van der Waals surface area contributed by atoms with Gasteiger partial charge < -0.3 is 4.98 Å². The van der Waals surface area contributed by atoms with E-state index < -0.39 is 0 Å². The number of benzene rings is 2. The van der Waals surface area contributed by atoms with Gasteiger partial charge in [-0.2, -0.15) is 0 Å².